The van der Waals surface area contributed by atoms with Crippen LogP contribution in [-0.4, -0.2) is 8.80 Å². The molecule has 0 bridgehead atoms. The van der Waals surface area contributed by atoms with E-state index in [0.717, 1.165) is 6.42 Å². The molecule has 3 rings (SSSR count). The van der Waals surface area contributed by atoms with Gasteiger partial charge in [-0.25, -0.2) is 0 Å². The minimum absolute atomic E-state index is 0. The maximum atomic E-state index is 2.42. The summed E-state index contributed by atoms with van der Waals surface area (Å²) in [6.07, 6.45) is 1.15. The Bertz CT molecular complexity index is 546. The Hall–Kier alpha value is -0.629. The zero-order chi connectivity index (χ0) is 11.1. The summed E-state index contributed by atoms with van der Waals surface area (Å²) in [4.78, 5) is 0. The van der Waals surface area contributed by atoms with Crippen LogP contribution in [0.3, 0.4) is 0 Å². The second-order valence-electron chi connectivity index (χ2n) is 4.86. The van der Waals surface area contributed by atoms with E-state index in [9.17, 15) is 0 Å². The maximum absolute atomic E-state index is 2.42. The molecule has 0 amide bonds. The van der Waals surface area contributed by atoms with Crippen molar-refractivity contribution in [3.63, 3.8) is 0 Å². The average Bonchev–Trinajstić information content (AvgIpc) is 2.67. The monoisotopic (exact) mass is 272 g/mol. The van der Waals surface area contributed by atoms with Crippen molar-refractivity contribution in [1.29, 1.82) is 0 Å². The zero-order valence-electron chi connectivity index (χ0n) is 10.3. The van der Waals surface area contributed by atoms with Gasteiger partial charge in [-0.1, -0.05) is 60.7 Å². The third-order valence-electron chi connectivity index (χ3n) is 3.51. The summed E-state index contributed by atoms with van der Waals surface area (Å²) in [6.45, 7) is 4.83. The Morgan fingerprint density at radius 3 is 2.35 bits per heavy atom. The molecule has 0 N–H and O–H groups in total. The van der Waals surface area contributed by atoms with Crippen molar-refractivity contribution in [1.82, 2.24) is 0 Å². The van der Waals surface area contributed by atoms with Gasteiger partial charge in [0, 0.05) is 21.7 Å². The Morgan fingerprint density at radius 1 is 0.882 bits per heavy atom. The molecule has 0 atom stereocenters. The Morgan fingerprint density at radius 2 is 1.59 bits per heavy atom. The van der Waals surface area contributed by atoms with Gasteiger partial charge in [0.05, 0.1) is 8.80 Å². The molecule has 2 heteroatoms. The van der Waals surface area contributed by atoms with Gasteiger partial charge in [0.2, 0.25) is 0 Å². The fourth-order valence-electron chi connectivity index (χ4n) is 2.72. The summed E-state index contributed by atoms with van der Waals surface area (Å²) in [7, 11) is -0.705. The van der Waals surface area contributed by atoms with E-state index in [1.54, 1.807) is 10.8 Å². The molecule has 1 aliphatic rings. The zero-order valence-corrected chi connectivity index (χ0v) is 13.0. The van der Waals surface area contributed by atoms with E-state index >= 15 is 0 Å². The van der Waals surface area contributed by atoms with Crippen LogP contribution < -0.4 is 5.19 Å². The first-order chi connectivity index (χ1) is 7.77. The largest absolute Gasteiger partial charge is 0.0682 e. The van der Waals surface area contributed by atoms with E-state index < -0.39 is 8.80 Å². The van der Waals surface area contributed by atoms with Crippen molar-refractivity contribution in [2.24, 2.45) is 0 Å². The molecule has 0 nitrogen and oxygen atoms in total. The first kappa shape index (κ1) is 12.8. The summed E-state index contributed by atoms with van der Waals surface area (Å²) in [6, 6.07) is 15.7. The molecule has 1 aliphatic carbocycles. The SMILES string of the molecule is C[SiH](C)c1cccc2c1Cc1ccccc1-2.[Ti]. The first-order valence-electron chi connectivity index (χ1n) is 5.97. The van der Waals surface area contributed by atoms with Crippen LogP contribution in [0.2, 0.25) is 13.1 Å². The van der Waals surface area contributed by atoms with E-state index in [1.807, 2.05) is 0 Å². The van der Waals surface area contributed by atoms with E-state index in [-0.39, 0.29) is 21.7 Å². The third kappa shape index (κ3) is 2.08. The van der Waals surface area contributed by atoms with Crippen molar-refractivity contribution < 1.29 is 21.7 Å². The van der Waals surface area contributed by atoms with Crippen LogP contribution in [-0.2, 0) is 28.1 Å². The van der Waals surface area contributed by atoms with Crippen LogP contribution in [0.25, 0.3) is 11.1 Å². The molecule has 0 heterocycles. The predicted molar refractivity (Wildman–Crippen MR) is 73.2 cm³/mol. The molecular weight excluding hydrogens is 256 g/mol. The Kier molecular flexibility index (Phi) is 3.72. The Balaban J connectivity index is 0.00000108. The quantitative estimate of drug-likeness (QED) is 0.597. The number of rotatable bonds is 1. The maximum Gasteiger partial charge on any atom is 0.0651 e. The molecule has 0 radical (unpaired) electrons. The molecule has 0 spiro atoms. The van der Waals surface area contributed by atoms with Crippen molar-refractivity contribution >= 4 is 14.0 Å². The molecular formula is C15H16SiTi. The van der Waals surface area contributed by atoms with Crippen molar-refractivity contribution in [2.45, 2.75) is 19.5 Å². The number of hydrogen-bond acceptors (Lipinski definition) is 0. The summed E-state index contributed by atoms with van der Waals surface area (Å²) in [5, 5.41) is 1.65. The summed E-state index contributed by atoms with van der Waals surface area (Å²) < 4.78 is 0. The first-order valence-corrected chi connectivity index (χ1v) is 8.86. The second kappa shape index (κ2) is 4.93. The summed E-state index contributed by atoms with van der Waals surface area (Å²) in [5.41, 5.74) is 6.04. The number of benzene rings is 2. The minimum Gasteiger partial charge on any atom is -0.0682 e. The number of fused-ring (bicyclic) bond motifs is 3. The molecule has 0 unspecified atom stereocenters. The van der Waals surface area contributed by atoms with Gasteiger partial charge in [-0.15, -0.1) is 0 Å². The van der Waals surface area contributed by atoms with Crippen LogP contribution in [0.5, 0.6) is 0 Å². The van der Waals surface area contributed by atoms with Gasteiger partial charge < -0.3 is 0 Å². The van der Waals surface area contributed by atoms with Crippen LogP contribution in [0, 0.1) is 0 Å². The van der Waals surface area contributed by atoms with Crippen molar-refractivity contribution in [3.8, 4) is 11.1 Å². The third-order valence-corrected chi connectivity index (χ3v) is 5.29. The molecule has 17 heavy (non-hydrogen) atoms. The normalized spacial score (nSPS) is 11.9. The van der Waals surface area contributed by atoms with Crippen LogP contribution >= 0.6 is 0 Å². The molecule has 0 saturated heterocycles. The molecule has 84 valence electrons. The average molecular weight is 272 g/mol. The van der Waals surface area contributed by atoms with Gasteiger partial charge in [-0.3, -0.25) is 0 Å². The van der Waals surface area contributed by atoms with E-state index in [0.29, 0.717) is 0 Å². The molecule has 0 saturated carbocycles. The predicted octanol–water partition coefficient (Wildman–Crippen LogP) is 2.95. The van der Waals surface area contributed by atoms with Crippen molar-refractivity contribution in [2.75, 3.05) is 0 Å². The van der Waals surface area contributed by atoms with Crippen LogP contribution in [0.15, 0.2) is 42.5 Å². The van der Waals surface area contributed by atoms with E-state index in [1.165, 1.54) is 16.7 Å². The van der Waals surface area contributed by atoms with Gasteiger partial charge in [0.25, 0.3) is 0 Å². The molecule has 0 aliphatic heterocycles. The van der Waals surface area contributed by atoms with Gasteiger partial charge in [-0.2, -0.15) is 0 Å². The fraction of sp³-hybridized carbons (Fsp3) is 0.200. The standard InChI is InChI=1S/C15H16Si.Ti/c1-16(2)15-9-5-8-13-12-7-4-3-6-11(12)10-14(13)15;/h3-9,16H,10H2,1-2H3;. The smallest absolute Gasteiger partial charge is 0.0651 e. The minimum atomic E-state index is -0.705. The van der Waals surface area contributed by atoms with E-state index in [4.69, 9.17) is 0 Å². The summed E-state index contributed by atoms with van der Waals surface area (Å²) >= 11 is 0. The topological polar surface area (TPSA) is 0 Å². The van der Waals surface area contributed by atoms with Crippen LogP contribution in [0.4, 0.5) is 0 Å². The molecule has 0 aromatic heterocycles. The second-order valence-corrected chi connectivity index (χ2v) is 7.79. The number of hydrogen-bond donors (Lipinski definition) is 0. The van der Waals surface area contributed by atoms with Gasteiger partial charge >= 0.3 is 0 Å². The van der Waals surface area contributed by atoms with Crippen LogP contribution in [0.1, 0.15) is 11.1 Å². The molecule has 2 aromatic rings. The molecule has 2 aromatic carbocycles. The van der Waals surface area contributed by atoms with Gasteiger partial charge in [0.1, 0.15) is 0 Å². The van der Waals surface area contributed by atoms with E-state index in [2.05, 4.69) is 55.6 Å². The van der Waals surface area contributed by atoms with Gasteiger partial charge in [0.15, 0.2) is 0 Å². The summed E-state index contributed by atoms with van der Waals surface area (Å²) in [5.74, 6) is 0. The molecule has 0 fully saturated rings. The Labute approximate surface area is 120 Å². The van der Waals surface area contributed by atoms with Crippen molar-refractivity contribution in [3.05, 3.63) is 53.6 Å². The fourth-order valence-corrected chi connectivity index (χ4v) is 4.17. The van der Waals surface area contributed by atoms with Gasteiger partial charge in [-0.05, 0) is 28.7 Å².